The van der Waals surface area contributed by atoms with E-state index in [1.54, 1.807) is 55.5 Å². The van der Waals surface area contributed by atoms with Gasteiger partial charge in [-0.15, -0.1) is 0 Å². The summed E-state index contributed by atoms with van der Waals surface area (Å²) in [5, 5.41) is 2.97. The lowest BCUT2D eigenvalue weighted by Crippen LogP contribution is -2.54. The summed E-state index contributed by atoms with van der Waals surface area (Å²) in [7, 11) is 0. The van der Waals surface area contributed by atoms with Gasteiger partial charge in [-0.2, -0.15) is 0 Å². The molecule has 9 heteroatoms. The van der Waals surface area contributed by atoms with Crippen molar-refractivity contribution < 1.29 is 23.9 Å². The molecule has 1 aliphatic rings. The van der Waals surface area contributed by atoms with Crippen LogP contribution >= 0.6 is 23.2 Å². The first-order valence-corrected chi connectivity index (χ1v) is 11.4. The van der Waals surface area contributed by atoms with Crippen molar-refractivity contribution in [3.63, 3.8) is 0 Å². The van der Waals surface area contributed by atoms with Crippen LogP contribution in [0.3, 0.4) is 0 Å². The van der Waals surface area contributed by atoms with E-state index < -0.39 is 17.8 Å². The van der Waals surface area contributed by atoms with Crippen molar-refractivity contribution >= 4 is 52.8 Å². The Bertz CT molecular complexity index is 1320. The monoisotopic (exact) mass is 510 g/mol. The van der Waals surface area contributed by atoms with Gasteiger partial charge < -0.3 is 9.47 Å². The fourth-order valence-electron chi connectivity index (χ4n) is 3.48. The van der Waals surface area contributed by atoms with E-state index in [0.29, 0.717) is 34.4 Å². The van der Waals surface area contributed by atoms with Gasteiger partial charge in [0.15, 0.2) is 11.5 Å². The fourth-order valence-corrected chi connectivity index (χ4v) is 3.94. The molecule has 3 aromatic rings. The maximum absolute atomic E-state index is 13.1. The molecule has 0 unspecified atom stereocenters. The van der Waals surface area contributed by atoms with Gasteiger partial charge in [0.1, 0.15) is 12.2 Å². The number of hydrogen-bond acceptors (Lipinski definition) is 5. The molecule has 1 heterocycles. The van der Waals surface area contributed by atoms with Crippen LogP contribution in [0.4, 0.5) is 10.5 Å². The van der Waals surface area contributed by atoms with E-state index in [4.69, 9.17) is 32.7 Å². The number of carbonyl (C=O) groups is 3. The van der Waals surface area contributed by atoms with Crippen LogP contribution in [0.2, 0.25) is 10.0 Å². The zero-order valence-electron chi connectivity index (χ0n) is 18.6. The highest BCUT2D eigenvalue weighted by Crippen LogP contribution is 2.38. The van der Waals surface area contributed by atoms with Gasteiger partial charge in [-0.05, 0) is 48.9 Å². The van der Waals surface area contributed by atoms with Crippen molar-refractivity contribution in [2.24, 2.45) is 0 Å². The molecule has 0 spiro atoms. The number of nitrogens with zero attached hydrogens (tertiary/aromatic N) is 1. The number of rotatable bonds is 7. The molecule has 0 aromatic heterocycles. The zero-order chi connectivity index (χ0) is 24.9. The van der Waals surface area contributed by atoms with Gasteiger partial charge in [0, 0.05) is 10.6 Å². The molecule has 0 radical (unpaired) electrons. The van der Waals surface area contributed by atoms with Crippen LogP contribution in [0.25, 0.3) is 6.08 Å². The third-order valence-corrected chi connectivity index (χ3v) is 5.74. The molecule has 178 valence electrons. The highest BCUT2D eigenvalue weighted by molar-refractivity contribution is 6.39. The minimum absolute atomic E-state index is 0.162. The normalized spacial score (nSPS) is 14.8. The van der Waals surface area contributed by atoms with Gasteiger partial charge in [-0.25, -0.2) is 9.69 Å². The second-order valence-electron chi connectivity index (χ2n) is 7.44. The Labute approximate surface area is 211 Å². The summed E-state index contributed by atoms with van der Waals surface area (Å²) in [6, 6.07) is 17.9. The van der Waals surface area contributed by atoms with E-state index >= 15 is 0 Å². The first-order chi connectivity index (χ1) is 16.9. The highest BCUT2D eigenvalue weighted by atomic mass is 35.5. The summed E-state index contributed by atoms with van der Waals surface area (Å²) >= 11 is 12.7. The number of amides is 4. The van der Waals surface area contributed by atoms with Gasteiger partial charge in [-0.3, -0.25) is 14.9 Å². The van der Waals surface area contributed by atoms with Crippen molar-refractivity contribution in [2.75, 3.05) is 11.5 Å². The molecule has 7 nitrogen and oxygen atoms in total. The molecule has 0 atom stereocenters. The fraction of sp³-hybridized carbons (Fsp3) is 0.115. The topological polar surface area (TPSA) is 84.9 Å². The molecule has 1 fully saturated rings. The Balaban J connectivity index is 1.66. The van der Waals surface area contributed by atoms with Gasteiger partial charge in [0.2, 0.25) is 0 Å². The molecule has 1 saturated heterocycles. The van der Waals surface area contributed by atoms with E-state index in [-0.39, 0.29) is 17.2 Å². The number of barbiturate groups is 1. The Morgan fingerprint density at radius 1 is 0.914 bits per heavy atom. The van der Waals surface area contributed by atoms with Gasteiger partial charge in [-0.1, -0.05) is 59.6 Å². The molecule has 3 aromatic carbocycles. The maximum Gasteiger partial charge on any atom is 0.335 e. The second kappa shape index (κ2) is 10.6. The highest BCUT2D eigenvalue weighted by Gasteiger charge is 2.36. The van der Waals surface area contributed by atoms with Crippen LogP contribution in [0.5, 0.6) is 11.5 Å². The minimum Gasteiger partial charge on any atom is -0.490 e. The van der Waals surface area contributed by atoms with Crippen molar-refractivity contribution in [2.45, 2.75) is 13.5 Å². The Morgan fingerprint density at radius 2 is 1.63 bits per heavy atom. The summed E-state index contributed by atoms with van der Waals surface area (Å²) in [6.07, 6.45) is 1.35. The standard InChI is InChI=1S/C26H20Cl2N2O5/c1-2-34-22-14-16(13-21(28)23(22)35-15-17-8-6-7-11-20(17)27)12-19-24(31)29-26(33)30(25(19)32)18-9-4-3-5-10-18/h3-14H,2,15H2,1H3,(H,29,31,33)/b19-12+. The smallest absolute Gasteiger partial charge is 0.335 e. The largest absolute Gasteiger partial charge is 0.490 e. The number of benzene rings is 3. The molecule has 0 aliphatic carbocycles. The van der Waals surface area contributed by atoms with Crippen molar-refractivity contribution in [3.05, 3.63) is 93.5 Å². The number of ether oxygens (including phenoxy) is 2. The molecule has 4 rings (SSSR count). The van der Waals surface area contributed by atoms with E-state index in [1.807, 2.05) is 18.2 Å². The lowest BCUT2D eigenvalue weighted by molar-refractivity contribution is -0.122. The van der Waals surface area contributed by atoms with Crippen LogP contribution in [0.15, 0.2) is 72.3 Å². The van der Waals surface area contributed by atoms with E-state index in [9.17, 15) is 14.4 Å². The van der Waals surface area contributed by atoms with Crippen molar-refractivity contribution in [1.82, 2.24) is 5.32 Å². The first-order valence-electron chi connectivity index (χ1n) is 10.7. The number of imide groups is 2. The van der Waals surface area contributed by atoms with E-state index in [0.717, 1.165) is 10.5 Å². The number of anilines is 1. The quantitative estimate of drug-likeness (QED) is 0.328. The number of urea groups is 1. The minimum atomic E-state index is -0.820. The van der Waals surface area contributed by atoms with E-state index in [2.05, 4.69) is 5.32 Å². The third-order valence-electron chi connectivity index (χ3n) is 5.09. The average Bonchev–Trinajstić information content (AvgIpc) is 2.83. The SMILES string of the molecule is CCOc1cc(/C=C2\C(=O)NC(=O)N(c3ccccc3)C2=O)cc(Cl)c1OCc1ccccc1Cl. The Morgan fingerprint density at radius 3 is 2.34 bits per heavy atom. The van der Waals surface area contributed by atoms with E-state index in [1.165, 1.54) is 6.08 Å². The molecular weight excluding hydrogens is 491 g/mol. The lowest BCUT2D eigenvalue weighted by atomic mass is 10.1. The molecule has 0 saturated carbocycles. The first kappa shape index (κ1) is 24.3. The third kappa shape index (κ3) is 5.31. The van der Waals surface area contributed by atoms with Gasteiger partial charge in [0.05, 0.1) is 17.3 Å². The summed E-state index contributed by atoms with van der Waals surface area (Å²) < 4.78 is 11.6. The number of hydrogen-bond donors (Lipinski definition) is 1. The number of carbonyl (C=O) groups excluding carboxylic acids is 3. The van der Waals surface area contributed by atoms with Crippen LogP contribution in [-0.4, -0.2) is 24.5 Å². The Kier molecular flexibility index (Phi) is 7.39. The predicted octanol–water partition coefficient (Wildman–Crippen LogP) is 5.64. The molecule has 0 bridgehead atoms. The molecule has 1 N–H and O–H groups in total. The summed E-state index contributed by atoms with van der Waals surface area (Å²) in [6.45, 7) is 2.29. The average molecular weight is 511 g/mol. The van der Waals surface area contributed by atoms with Crippen LogP contribution in [0, 0.1) is 0 Å². The summed E-state index contributed by atoms with van der Waals surface area (Å²) in [5.74, 6) is -0.923. The van der Waals surface area contributed by atoms with Crippen LogP contribution in [0.1, 0.15) is 18.1 Å². The molecule has 1 aliphatic heterocycles. The lowest BCUT2D eigenvalue weighted by Gasteiger charge is -2.26. The molecule has 4 amide bonds. The summed E-state index contributed by atoms with van der Waals surface area (Å²) in [5.41, 5.74) is 1.31. The number of halogens is 2. The predicted molar refractivity (Wildman–Crippen MR) is 134 cm³/mol. The number of nitrogens with one attached hydrogen (secondary N) is 1. The number of para-hydroxylation sites is 1. The van der Waals surface area contributed by atoms with Crippen molar-refractivity contribution in [1.29, 1.82) is 0 Å². The van der Waals surface area contributed by atoms with Crippen LogP contribution in [-0.2, 0) is 16.2 Å². The maximum atomic E-state index is 13.1. The van der Waals surface area contributed by atoms with Crippen molar-refractivity contribution in [3.8, 4) is 11.5 Å². The molecular formula is C26H20Cl2N2O5. The summed E-state index contributed by atoms with van der Waals surface area (Å²) in [4.78, 5) is 38.8. The zero-order valence-corrected chi connectivity index (χ0v) is 20.1. The van der Waals surface area contributed by atoms with Gasteiger partial charge in [0.25, 0.3) is 11.8 Å². The molecule has 35 heavy (non-hydrogen) atoms. The van der Waals surface area contributed by atoms with Crippen LogP contribution < -0.4 is 19.7 Å². The Hall–Kier alpha value is -3.81. The van der Waals surface area contributed by atoms with Gasteiger partial charge >= 0.3 is 6.03 Å². The second-order valence-corrected chi connectivity index (χ2v) is 8.25.